The van der Waals surface area contributed by atoms with Crippen LogP contribution >= 0.6 is 0 Å². The Hall–Kier alpha value is -5.15. The fourth-order valence-electron chi connectivity index (χ4n) is 3.87. The van der Waals surface area contributed by atoms with Gasteiger partial charge in [-0.1, -0.05) is 19.1 Å². The number of rotatable bonds is 13. The Morgan fingerprint density at radius 1 is 1.07 bits per heavy atom. The number of amides is 3. The molecule has 1 aliphatic heterocycles. The number of carbonyl (C=O) groups excluding carboxylic acids is 3. The molecule has 1 unspecified atom stereocenters. The molecule has 2 aromatic rings. The van der Waals surface area contributed by atoms with Crippen molar-refractivity contribution < 1.29 is 14.4 Å². The Morgan fingerprint density at radius 3 is 2.42 bits per heavy atom. The molecule has 0 saturated heterocycles. The number of carbonyl (C=O) groups is 3. The van der Waals surface area contributed by atoms with E-state index in [1.165, 1.54) is 17.2 Å². The van der Waals surface area contributed by atoms with Gasteiger partial charge in [0.05, 0.1) is 17.2 Å². The van der Waals surface area contributed by atoms with Gasteiger partial charge >= 0.3 is 0 Å². The van der Waals surface area contributed by atoms with Crippen LogP contribution in [0.3, 0.4) is 0 Å². The third-order valence-electron chi connectivity index (χ3n) is 6.44. The molecule has 226 valence electrons. The molecule has 2 aromatic carbocycles. The molecule has 0 aromatic heterocycles. The summed E-state index contributed by atoms with van der Waals surface area (Å²) in [6.45, 7) is 4.92. The second-order valence-corrected chi connectivity index (χ2v) is 10.2. The molecule has 0 radical (unpaired) electrons. The molecule has 12 heteroatoms. The van der Waals surface area contributed by atoms with Crippen LogP contribution in [0.15, 0.2) is 77.1 Å². The third kappa shape index (κ3) is 9.72. The fourth-order valence-corrected chi connectivity index (χ4v) is 3.87. The molecular formula is C31H39N9O3. The van der Waals surface area contributed by atoms with Crippen molar-refractivity contribution in [2.24, 2.45) is 4.99 Å². The maximum Gasteiger partial charge on any atom is 0.260 e. The number of hydrogen-bond donors (Lipinski definition) is 5. The number of nitriles is 1. The van der Waals surface area contributed by atoms with Crippen molar-refractivity contribution in [1.82, 2.24) is 20.4 Å². The second-order valence-electron chi connectivity index (χ2n) is 10.2. The molecule has 2 atom stereocenters. The molecule has 1 aliphatic rings. The molecule has 0 saturated carbocycles. The van der Waals surface area contributed by atoms with Gasteiger partial charge in [0.15, 0.2) is 6.29 Å². The molecular weight excluding hydrogens is 546 g/mol. The Morgan fingerprint density at radius 2 is 1.77 bits per heavy atom. The van der Waals surface area contributed by atoms with E-state index in [1.807, 2.05) is 25.9 Å². The quantitative estimate of drug-likeness (QED) is 0.225. The van der Waals surface area contributed by atoms with E-state index in [4.69, 9.17) is 5.26 Å². The van der Waals surface area contributed by atoms with Crippen molar-refractivity contribution in [2.75, 3.05) is 50.2 Å². The van der Waals surface area contributed by atoms with Gasteiger partial charge in [0.25, 0.3) is 5.91 Å². The zero-order chi connectivity index (χ0) is 31.4. The van der Waals surface area contributed by atoms with Gasteiger partial charge in [-0.3, -0.25) is 14.4 Å². The van der Waals surface area contributed by atoms with E-state index in [0.717, 1.165) is 12.1 Å². The summed E-state index contributed by atoms with van der Waals surface area (Å²) in [5.41, 5.74) is 2.58. The summed E-state index contributed by atoms with van der Waals surface area (Å²) in [6.07, 6.45) is 5.01. The molecule has 0 aliphatic carbocycles. The lowest BCUT2D eigenvalue weighted by Gasteiger charge is -2.26. The molecule has 43 heavy (non-hydrogen) atoms. The van der Waals surface area contributed by atoms with Gasteiger partial charge in [0, 0.05) is 49.5 Å². The Kier molecular flexibility index (Phi) is 11.8. The number of likely N-dealkylation sites (N-methyl/N-ethyl adjacent to an activating group) is 2. The summed E-state index contributed by atoms with van der Waals surface area (Å²) >= 11 is 0. The Balaban J connectivity index is 1.65. The van der Waals surface area contributed by atoms with Crippen molar-refractivity contribution in [3.63, 3.8) is 0 Å². The summed E-state index contributed by atoms with van der Waals surface area (Å²) in [5.74, 6) is -0.508. The van der Waals surface area contributed by atoms with Gasteiger partial charge in [-0.2, -0.15) is 5.26 Å². The second kappa shape index (κ2) is 15.7. The normalized spacial score (nSPS) is 15.0. The molecule has 12 nitrogen and oxygen atoms in total. The van der Waals surface area contributed by atoms with E-state index in [2.05, 4.69) is 37.6 Å². The average molecular weight is 586 g/mol. The third-order valence-corrected chi connectivity index (χ3v) is 6.44. The first-order valence-electron chi connectivity index (χ1n) is 14.0. The summed E-state index contributed by atoms with van der Waals surface area (Å²) in [6, 6.07) is 15.1. The number of nitrogens with one attached hydrogen (secondary N) is 5. The highest BCUT2D eigenvalue weighted by atomic mass is 16.2. The van der Waals surface area contributed by atoms with E-state index in [0.29, 0.717) is 41.4 Å². The molecule has 1 heterocycles. The van der Waals surface area contributed by atoms with Crippen molar-refractivity contribution in [1.29, 1.82) is 5.26 Å². The predicted molar refractivity (Wildman–Crippen MR) is 169 cm³/mol. The molecule has 0 fully saturated rings. The summed E-state index contributed by atoms with van der Waals surface area (Å²) in [4.78, 5) is 46.3. The highest BCUT2D eigenvalue weighted by Gasteiger charge is 2.23. The van der Waals surface area contributed by atoms with Gasteiger partial charge in [-0.15, -0.1) is 0 Å². The highest BCUT2D eigenvalue weighted by Crippen LogP contribution is 2.18. The van der Waals surface area contributed by atoms with Gasteiger partial charge in [-0.05, 0) is 69.9 Å². The molecule has 3 rings (SSSR count). The van der Waals surface area contributed by atoms with Crippen molar-refractivity contribution >= 4 is 41.0 Å². The molecule has 3 amide bonds. The smallest absolute Gasteiger partial charge is 0.260 e. The number of nitrogens with zero attached hydrogens (tertiary/aromatic N) is 4. The lowest BCUT2D eigenvalue weighted by molar-refractivity contribution is -0.132. The zero-order valence-electron chi connectivity index (χ0n) is 25.1. The zero-order valence-corrected chi connectivity index (χ0v) is 25.1. The maximum absolute atomic E-state index is 13.3. The van der Waals surface area contributed by atoms with Crippen molar-refractivity contribution in [2.45, 2.75) is 32.6 Å². The first-order valence-corrected chi connectivity index (χ1v) is 14.0. The summed E-state index contributed by atoms with van der Waals surface area (Å²) in [7, 11) is 5.38. The minimum atomic E-state index is -0.720. The van der Waals surface area contributed by atoms with Crippen LogP contribution in [0.5, 0.6) is 0 Å². The topological polar surface area (TPSA) is 154 Å². The van der Waals surface area contributed by atoms with Crippen molar-refractivity contribution in [3.05, 3.63) is 77.6 Å². The highest BCUT2D eigenvalue weighted by molar-refractivity contribution is 6.18. The number of benzene rings is 2. The first kappa shape index (κ1) is 32.4. The Bertz CT molecular complexity index is 1420. The predicted octanol–water partition coefficient (Wildman–Crippen LogP) is 2.68. The average Bonchev–Trinajstić information content (AvgIpc) is 2.99. The van der Waals surface area contributed by atoms with Gasteiger partial charge in [0.1, 0.15) is 11.9 Å². The van der Waals surface area contributed by atoms with Crippen LogP contribution in [-0.2, 0) is 14.4 Å². The maximum atomic E-state index is 13.3. The van der Waals surface area contributed by atoms with Crippen LogP contribution in [0.2, 0.25) is 0 Å². The summed E-state index contributed by atoms with van der Waals surface area (Å²) < 4.78 is 0. The number of hydrogen-bond acceptors (Lipinski definition) is 9. The number of anilines is 3. The fraction of sp³-hybridized carbons (Fsp3) is 0.323. The lowest BCUT2D eigenvalue weighted by Crippen LogP contribution is -2.44. The largest absolute Gasteiger partial charge is 0.371 e. The van der Waals surface area contributed by atoms with Gasteiger partial charge < -0.3 is 36.4 Å². The molecule has 0 spiro atoms. The van der Waals surface area contributed by atoms with E-state index < -0.39 is 18.2 Å². The minimum absolute atomic E-state index is 0.275. The SMILES string of the molecule is CCCNC1=C(C(=O)Nc2cccc(NC(=O)[C@H](C)N(C)C(=O)/C=C/CN(C)C)c2)C=NC(Nc2ccc(C#N)cc2)N1. The van der Waals surface area contributed by atoms with Crippen LogP contribution in [0.4, 0.5) is 17.1 Å². The van der Waals surface area contributed by atoms with Crippen molar-refractivity contribution in [3.8, 4) is 6.07 Å². The van der Waals surface area contributed by atoms with E-state index in [1.54, 1.807) is 68.6 Å². The van der Waals surface area contributed by atoms with Crippen LogP contribution in [0.1, 0.15) is 25.8 Å². The van der Waals surface area contributed by atoms with Crippen LogP contribution in [0.25, 0.3) is 0 Å². The summed E-state index contributed by atoms with van der Waals surface area (Å²) in [5, 5.41) is 24.4. The van der Waals surface area contributed by atoms with E-state index >= 15 is 0 Å². The van der Waals surface area contributed by atoms with Gasteiger partial charge in [-0.25, -0.2) is 4.99 Å². The Labute approximate surface area is 252 Å². The lowest BCUT2D eigenvalue weighted by atomic mass is 10.2. The molecule has 0 bridgehead atoms. The van der Waals surface area contributed by atoms with Crippen LogP contribution in [0, 0.1) is 11.3 Å². The number of aliphatic imine (C=N–C) groups is 1. The monoisotopic (exact) mass is 585 g/mol. The van der Waals surface area contributed by atoms with Gasteiger partial charge in [0.2, 0.25) is 11.8 Å². The minimum Gasteiger partial charge on any atom is -0.371 e. The van der Waals surface area contributed by atoms with Crippen LogP contribution < -0.4 is 26.6 Å². The van der Waals surface area contributed by atoms with Crippen LogP contribution in [-0.4, -0.2) is 80.3 Å². The molecule has 5 N–H and O–H groups in total. The standard InChI is InChI=1S/C31H39N9O3/c1-6-16-33-28-26(20-34-31(38-28)37-23-14-12-22(19-32)13-15-23)30(43)36-25-10-7-9-24(18-25)35-29(42)21(2)40(5)27(41)11-8-17-39(3)4/h7-15,18,20-21,31,33,37-38H,6,16-17H2,1-5H3,(H,35,42)(H,36,43)/b11-8+/t21-,31?/m0/s1. The van der Waals surface area contributed by atoms with E-state index in [-0.39, 0.29) is 11.8 Å². The first-order chi connectivity index (χ1) is 20.6. The van der Waals surface area contributed by atoms with E-state index in [9.17, 15) is 14.4 Å².